The van der Waals surface area contributed by atoms with Crippen molar-refractivity contribution in [2.24, 2.45) is 0 Å². The summed E-state index contributed by atoms with van der Waals surface area (Å²) in [6, 6.07) is 1.99. The summed E-state index contributed by atoms with van der Waals surface area (Å²) in [7, 11) is 0. The van der Waals surface area contributed by atoms with Crippen LogP contribution in [0, 0.1) is 11.8 Å². The molecule has 0 aromatic carbocycles. The van der Waals surface area contributed by atoms with Crippen molar-refractivity contribution >= 4 is 0 Å². The maximum absolute atomic E-state index is 5.88. The zero-order valence-electron chi connectivity index (χ0n) is 12.3. The second kappa shape index (κ2) is 8.60. The Morgan fingerprint density at radius 3 is 3.10 bits per heavy atom. The first-order chi connectivity index (χ1) is 9.88. The molecule has 20 heavy (non-hydrogen) atoms. The van der Waals surface area contributed by atoms with Crippen LogP contribution in [0.1, 0.15) is 51.0 Å². The summed E-state index contributed by atoms with van der Waals surface area (Å²) in [5.41, 5.74) is 0.948. The van der Waals surface area contributed by atoms with Gasteiger partial charge in [-0.3, -0.25) is 4.98 Å². The van der Waals surface area contributed by atoms with E-state index in [1.54, 1.807) is 12.4 Å². The van der Waals surface area contributed by atoms with E-state index < -0.39 is 0 Å². The van der Waals surface area contributed by atoms with Crippen molar-refractivity contribution in [3.05, 3.63) is 24.0 Å². The lowest BCUT2D eigenvalue weighted by atomic mass is 10.1. The maximum atomic E-state index is 5.88. The highest BCUT2D eigenvalue weighted by Gasteiger charge is 2.15. The molecular formula is C17H24N2O. The fraction of sp³-hybridized carbons (Fsp3) is 0.588. The van der Waals surface area contributed by atoms with Gasteiger partial charge >= 0.3 is 0 Å². The SMILES string of the molecule is CCCCCCC#Cc1cncc(OC2CCNC2)c1. The first-order valence-electron chi connectivity index (χ1n) is 7.70. The Balaban J connectivity index is 1.81. The van der Waals surface area contributed by atoms with Crippen LogP contribution in [-0.4, -0.2) is 24.2 Å². The van der Waals surface area contributed by atoms with Gasteiger partial charge in [0.2, 0.25) is 0 Å². The number of unbranched alkanes of at least 4 members (excludes halogenated alkanes) is 4. The number of hydrogen-bond donors (Lipinski definition) is 1. The molecular weight excluding hydrogens is 248 g/mol. The lowest BCUT2D eigenvalue weighted by Gasteiger charge is -2.11. The van der Waals surface area contributed by atoms with Crippen LogP contribution >= 0.6 is 0 Å². The van der Waals surface area contributed by atoms with Crippen LogP contribution < -0.4 is 10.1 Å². The Kier molecular flexibility index (Phi) is 6.40. The molecule has 0 saturated carbocycles. The molecule has 108 valence electrons. The molecule has 1 saturated heterocycles. The van der Waals surface area contributed by atoms with Crippen molar-refractivity contribution in [3.63, 3.8) is 0 Å². The Hall–Kier alpha value is -1.53. The normalized spacial score (nSPS) is 17.6. The number of hydrogen-bond acceptors (Lipinski definition) is 3. The minimum atomic E-state index is 0.272. The molecule has 2 heterocycles. The van der Waals surface area contributed by atoms with E-state index in [-0.39, 0.29) is 6.10 Å². The van der Waals surface area contributed by atoms with Crippen LogP contribution in [0.2, 0.25) is 0 Å². The Labute approximate surface area is 122 Å². The van der Waals surface area contributed by atoms with Crippen molar-refractivity contribution < 1.29 is 4.74 Å². The Morgan fingerprint density at radius 1 is 1.35 bits per heavy atom. The van der Waals surface area contributed by atoms with E-state index in [0.717, 1.165) is 37.2 Å². The number of ether oxygens (including phenoxy) is 1. The average molecular weight is 272 g/mol. The van der Waals surface area contributed by atoms with E-state index in [0.29, 0.717) is 0 Å². The molecule has 0 amide bonds. The van der Waals surface area contributed by atoms with Crippen LogP contribution in [0.5, 0.6) is 5.75 Å². The smallest absolute Gasteiger partial charge is 0.139 e. The zero-order chi connectivity index (χ0) is 14.0. The molecule has 0 radical (unpaired) electrons. The molecule has 2 rings (SSSR count). The largest absolute Gasteiger partial charge is 0.487 e. The topological polar surface area (TPSA) is 34.1 Å². The fourth-order valence-electron chi connectivity index (χ4n) is 2.28. The molecule has 1 N–H and O–H groups in total. The van der Waals surface area contributed by atoms with Crippen LogP contribution in [0.15, 0.2) is 18.5 Å². The highest BCUT2D eigenvalue weighted by atomic mass is 16.5. The molecule has 1 fully saturated rings. The molecule has 1 aliphatic heterocycles. The van der Waals surface area contributed by atoms with Crippen LogP contribution in [0.25, 0.3) is 0 Å². The lowest BCUT2D eigenvalue weighted by molar-refractivity contribution is 0.222. The number of pyridine rings is 1. The second-order valence-electron chi connectivity index (χ2n) is 5.25. The highest BCUT2D eigenvalue weighted by molar-refractivity contribution is 5.36. The minimum absolute atomic E-state index is 0.272. The van der Waals surface area contributed by atoms with Crippen molar-refractivity contribution in [2.75, 3.05) is 13.1 Å². The molecule has 3 heteroatoms. The van der Waals surface area contributed by atoms with E-state index in [9.17, 15) is 0 Å². The summed E-state index contributed by atoms with van der Waals surface area (Å²) in [6.45, 7) is 4.19. The Bertz CT molecular complexity index is 456. The van der Waals surface area contributed by atoms with Gasteiger partial charge in [0, 0.05) is 24.7 Å². The number of nitrogens with one attached hydrogen (secondary N) is 1. The van der Waals surface area contributed by atoms with Gasteiger partial charge in [-0.15, -0.1) is 0 Å². The molecule has 0 spiro atoms. The van der Waals surface area contributed by atoms with E-state index >= 15 is 0 Å². The van der Waals surface area contributed by atoms with Gasteiger partial charge < -0.3 is 10.1 Å². The van der Waals surface area contributed by atoms with Gasteiger partial charge in [0.05, 0.1) is 6.20 Å². The summed E-state index contributed by atoms with van der Waals surface area (Å²) in [4.78, 5) is 4.21. The van der Waals surface area contributed by atoms with E-state index in [1.807, 2.05) is 6.07 Å². The van der Waals surface area contributed by atoms with E-state index in [1.165, 1.54) is 25.7 Å². The number of rotatable bonds is 6. The molecule has 1 unspecified atom stereocenters. The molecule has 3 nitrogen and oxygen atoms in total. The predicted octanol–water partition coefficient (Wildman–Crippen LogP) is 3.14. The van der Waals surface area contributed by atoms with Crippen molar-refractivity contribution in [1.29, 1.82) is 0 Å². The van der Waals surface area contributed by atoms with Gasteiger partial charge in [0.15, 0.2) is 0 Å². The fourth-order valence-corrected chi connectivity index (χ4v) is 2.28. The summed E-state index contributed by atoms with van der Waals surface area (Å²) in [5, 5.41) is 3.29. The Morgan fingerprint density at radius 2 is 2.30 bits per heavy atom. The van der Waals surface area contributed by atoms with E-state index in [4.69, 9.17) is 4.74 Å². The van der Waals surface area contributed by atoms with Crippen molar-refractivity contribution in [1.82, 2.24) is 10.3 Å². The summed E-state index contributed by atoms with van der Waals surface area (Å²) in [6.07, 6.45) is 10.9. The standard InChI is InChI=1S/C17H24N2O/c1-2-3-4-5-6-7-8-15-11-17(14-19-12-15)20-16-9-10-18-13-16/h11-12,14,16,18H,2-6,9-10,13H2,1H3. The first-order valence-corrected chi connectivity index (χ1v) is 7.70. The third-order valence-electron chi connectivity index (χ3n) is 3.42. The summed E-state index contributed by atoms with van der Waals surface area (Å²) < 4.78 is 5.88. The van der Waals surface area contributed by atoms with Gasteiger partial charge in [-0.2, -0.15) is 0 Å². The number of nitrogens with zero attached hydrogens (tertiary/aromatic N) is 1. The molecule has 0 bridgehead atoms. The van der Waals surface area contributed by atoms with Crippen molar-refractivity contribution in [2.45, 2.75) is 51.6 Å². The third kappa shape index (κ3) is 5.22. The van der Waals surface area contributed by atoms with Crippen molar-refractivity contribution in [3.8, 4) is 17.6 Å². The third-order valence-corrected chi connectivity index (χ3v) is 3.42. The first kappa shape index (κ1) is 14.9. The van der Waals surface area contributed by atoms with Gasteiger partial charge in [-0.1, -0.05) is 38.0 Å². The molecule has 1 aliphatic rings. The second-order valence-corrected chi connectivity index (χ2v) is 5.25. The summed E-state index contributed by atoms with van der Waals surface area (Å²) in [5.74, 6) is 7.23. The van der Waals surface area contributed by atoms with Crippen LogP contribution in [0.3, 0.4) is 0 Å². The maximum Gasteiger partial charge on any atom is 0.139 e. The molecule has 1 aromatic rings. The highest BCUT2D eigenvalue weighted by Crippen LogP contribution is 2.15. The van der Waals surface area contributed by atoms with Gasteiger partial charge in [0.1, 0.15) is 11.9 Å². The van der Waals surface area contributed by atoms with Crippen LogP contribution in [0.4, 0.5) is 0 Å². The monoisotopic (exact) mass is 272 g/mol. The van der Waals surface area contributed by atoms with E-state index in [2.05, 4.69) is 29.1 Å². The molecule has 1 atom stereocenters. The van der Waals surface area contributed by atoms with Gasteiger partial charge in [-0.25, -0.2) is 0 Å². The van der Waals surface area contributed by atoms with Gasteiger partial charge in [0.25, 0.3) is 0 Å². The summed E-state index contributed by atoms with van der Waals surface area (Å²) >= 11 is 0. The van der Waals surface area contributed by atoms with Gasteiger partial charge in [-0.05, 0) is 25.5 Å². The zero-order valence-corrected chi connectivity index (χ0v) is 12.3. The number of aromatic nitrogens is 1. The molecule has 1 aromatic heterocycles. The minimum Gasteiger partial charge on any atom is -0.487 e. The quantitative estimate of drug-likeness (QED) is 0.638. The average Bonchev–Trinajstić information content (AvgIpc) is 2.96. The lowest BCUT2D eigenvalue weighted by Crippen LogP contribution is -2.19. The van der Waals surface area contributed by atoms with Crippen LogP contribution in [-0.2, 0) is 0 Å². The molecule has 0 aliphatic carbocycles. The predicted molar refractivity (Wildman–Crippen MR) is 81.8 cm³/mol.